The molecule has 0 aliphatic carbocycles. The maximum absolute atomic E-state index is 13.5. The summed E-state index contributed by atoms with van der Waals surface area (Å²) in [5, 5.41) is 3.00. The number of allylic oxidation sites excluding steroid dienone is 3. The van der Waals surface area contributed by atoms with Crippen molar-refractivity contribution in [3.8, 4) is 0 Å². The minimum Gasteiger partial charge on any atom is -0.457 e. The average molecular weight is 528 g/mol. The number of rotatable bonds is 16. The van der Waals surface area contributed by atoms with E-state index in [2.05, 4.69) is 45.0 Å². The average Bonchev–Trinajstić information content (AvgIpc) is 3.24. The summed E-state index contributed by atoms with van der Waals surface area (Å²) < 4.78 is 6.02. The molecule has 0 saturated carbocycles. The third-order valence-corrected chi connectivity index (χ3v) is 8.71. The van der Waals surface area contributed by atoms with Crippen molar-refractivity contribution in [2.75, 3.05) is 0 Å². The zero-order valence-electron chi connectivity index (χ0n) is 24.6. The van der Waals surface area contributed by atoms with Crippen molar-refractivity contribution in [1.82, 2.24) is 4.98 Å². The van der Waals surface area contributed by atoms with Crippen molar-refractivity contribution in [1.29, 1.82) is 0 Å². The molecule has 5 heteroatoms. The smallest absolute Gasteiger partial charge is 0.306 e. The second kappa shape index (κ2) is 15.2. The number of hydrogen-bond acceptors (Lipinski definition) is 5. The Balaban J connectivity index is 3.00. The molecule has 0 spiro atoms. The number of carbonyl (C=O) groups is 2. The Bertz CT molecular complexity index is 984. The Kier molecular flexibility index (Phi) is 13.5. The van der Waals surface area contributed by atoms with E-state index in [1.165, 1.54) is 5.57 Å². The number of aryl methyl sites for hydroxylation is 1. The molecule has 0 radical (unpaired) electrons. The van der Waals surface area contributed by atoms with Gasteiger partial charge in [-0.3, -0.25) is 9.59 Å². The molecule has 0 N–H and O–H groups in total. The maximum Gasteiger partial charge on any atom is 0.306 e. The molecule has 0 aromatic carbocycles. The van der Waals surface area contributed by atoms with E-state index in [4.69, 9.17) is 4.74 Å². The highest BCUT2D eigenvalue weighted by atomic mass is 32.1. The first-order chi connectivity index (χ1) is 17.2. The fourth-order valence-corrected chi connectivity index (χ4v) is 5.04. The second-order valence-corrected chi connectivity index (χ2v) is 12.3. The number of ketones is 1. The fourth-order valence-electron chi connectivity index (χ4n) is 4.47. The predicted molar refractivity (Wildman–Crippen MR) is 158 cm³/mol. The van der Waals surface area contributed by atoms with Crippen LogP contribution in [0, 0.1) is 36.0 Å². The van der Waals surface area contributed by atoms with Crippen LogP contribution >= 0.6 is 11.3 Å². The van der Waals surface area contributed by atoms with Gasteiger partial charge in [-0.2, -0.15) is 0 Å². The summed E-state index contributed by atoms with van der Waals surface area (Å²) in [6.45, 7) is 25.9. The predicted octanol–water partition coefficient (Wildman–Crippen LogP) is 8.79. The molecule has 1 aromatic heterocycles. The summed E-state index contributed by atoms with van der Waals surface area (Å²) in [5.74, 6) is 0.284. The van der Waals surface area contributed by atoms with Gasteiger partial charge in [0.25, 0.3) is 0 Å². The van der Waals surface area contributed by atoms with E-state index in [1.54, 1.807) is 11.3 Å². The van der Waals surface area contributed by atoms with E-state index in [0.717, 1.165) is 29.1 Å². The number of hydrogen-bond donors (Lipinski definition) is 0. The van der Waals surface area contributed by atoms with Crippen molar-refractivity contribution in [3.63, 3.8) is 0 Å². The molecular weight excluding hydrogens is 478 g/mol. The lowest BCUT2D eigenvalue weighted by Crippen LogP contribution is -2.40. The highest BCUT2D eigenvalue weighted by Crippen LogP contribution is 2.37. The van der Waals surface area contributed by atoms with Gasteiger partial charge in [0.2, 0.25) is 0 Å². The van der Waals surface area contributed by atoms with E-state index in [9.17, 15) is 9.59 Å². The SMILES string of the molecule is C=CC/C(C)=C\C[C@H](OC(=O)C[C@H](C)C(C)(C)C(=O)[C@H](C)[C@@H](C)[C@@H](C)CC=C)/C(C)=C/c1csc(C)n1. The van der Waals surface area contributed by atoms with Gasteiger partial charge in [0, 0.05) is 29.6 Å². The molecule has 206 valence electrons. The lowest BCUT2D eigenvalue weighted by atomic mass is 9.67. The highest BCUT2D eigenvalue weighted by Gasteiger charge is 2.40. The first kappa shape index (κ1) is 32.8. The van der Waals surface area contributed by atoms with Crippen LogP contribution in [0.3, 0.4) is 0 Å². The fraction of sp³-hybridized carbons (Fsp3) is 0.594. The van der Waals surface area contributed by atoms with Gasteiger partial charge in [-0.15, -0.1) is 24.5 Å². The van der Waals surface area contributed by atoms with Gasteiger partial charge in [0.1, 0.15) is 11.9 Å². The molecule has 1 aromatic rings. The molecule has 0 fully saturated rings. The molecule has 37 heavy (non-hydrogen) atoms. The summed E-state index contributed by atoms with van der Waals surface area (Å²) in [5.41, 5.74) is 2.37. The Morgan fingerprint density at radius 1 is 1.11 bits per heavy atom. The van der Waals surface area contributed by atoms with Gasteiger partial charge < -0.3 is 4.74 Å². The molecule has 0 unspecified atom stereocenters. The lowest BCUT2D eigenvalue weighted by molar-refractivity contribution is -0.150. The highest BCUT2D eigenvalue weighted by molar-refractivity contribution is 7.09. The van der Waals surface area contributed by atoms with E-state index < -0.39 is 5.41 Å². The van der Waals surface area contributed by atoms with E-state index in [0.29, 0.717) is 12.3 Å². The molecule has 0 bridgehead atoms. The van der Waals surface area contributed by atoms with Gasteiger partial charge in [-0.25, -0.2) is 4.98 Å². The second-order valence-electron chi connectivity index (χ2n) is 11.3. The molecule has 0 aliphatic heterocycles. The van der Waals surface area contributed by atoms with Crippen molar-refractivity contribution in [2.45, 2.75) is 94.1 Å². The summed E-state index contributed by atoms with van der Waals surface area (Å²) in [6, 6.07) is 0. The number of aromatic nitrogens is 1. The van der Waals surface area contributed by atoms with Gasteiger partial charge in [-0.05, 0) is 63.0 Å². The number of carbonyl (C=O) groups excluding carboxylic acids is 2. The monoisotopic (exact) mass is 527 g/mol. The number of esters is 1. The molecule has 5 atom stereocenters. The van der Waals surface area contributed by atoms with Crippen molar-refractivity contribution < 1.29 is 14.3 Å². The van der Waals surface area contributed by atoms with Crippen LogP contribution in [0.4, 0.5) is 0 Å². The Morgan fingerprint density at radius 2 is 1.76 bits per heavy atom. The lowest BCUT2D eigenvalue weighted by Gasteiger charge is -2.35. The first-order valence-electron chi connectivity index (χ1n) is 13.5. The van der Waals surface area contributed by atoms with E-state index in [-0.39, 0.29) is 42.0 Å². The van der Waals surface area contributed by atoms with E-state index in [1.807, 2.05) is 65.2 Å². The van der Waals surface area contributed by atoms with Crippen molar-refractivity contribution in [3.05, 3.63) is 58.6 Å². The Morgan fingerprint density at radius 3 is 2.30 bits per heavy atom. The third kappa shape index (κ3) is 10.2. The molecular formula is C32H49NO3S. The van der Waals surface area contributed by atoms with E-state index >= 15 is 0 Å². The molecule has 1 rings (SSSR count). The minimum atomic E-state index is -0.639. The maximum atomic E-state index is 13.5. The molecule has 1 heterocycles. The van der Waals surface area contributed by atoms with Gasteiger partial charge in [0.05, 0.1) is 10.7 Å². The number of thiazole rings is 1. The van der Waals surface area contributed by atoms with Crippen LogP contribution in [-0.4, -0.2) is 22.8 Å². The molecule has 0 amide bonds. The summed E-state index contributed by atoms with van der Waals surface area (Å²) in [7, 11) is 0. The summed E-state index contributed by atoms with van der Waals surface area (Å²) in [4.78, 5) is 31.2. The molecule has 4 nitrogen and oxygen atoms in total. The Labute approximate surface area is 230 Å². The first-order valence-corrected chi connectivity index (χ1v) is 14.3. The van der Waals surface area contributed by atoms with Gasteiger partial charge >= 0.3 is 5.97 Å². The van der Waals surface area contributed by atoms with Crippen LogP contribution in [-0.2, 0) is 14.3 Å². The number of ether oxygens (including phenoxy) is 1. The summed E-state index contributed by atoms with van der Waals surface area (Å²) in [6.07, 6.45) is 9.95. The zero-order chi connectivity index (χ0) is 28.3. The molecule has 0 aliphatic rings. The Hall–Kier alpha value is -2.27. The summed E-state index contributed by atoms with van der Waals surface area (Å²) >= 11 is 1.60. The third-order valence-electron chi connectivity index (χ3n) is 7.92. The standard InChI is InChI=1S/C32H49NO3S/c1-12-14-21(3)16-17-29(23(5)18-28-20-37-27(9)33-28)36-30(34)19-24(6)32(10,11)31(35)26(8)25(7)22(4)15-13-2/h12-13,16,18,20,22,24-26,29H,1-2,14-15,17,19H2,3-11H3/b21-16-,23-18+/t22-,24-,25-,26+,29-/m0/s1. The molecule has 0 saturated heterocycles. The zero-order valence-corrected chi connectivity index (χ0v) is 25.4. The van der Waals surface area contributed by atoms with Crippen LogP contribution in [0.15, 0.2) is 47.9 Å². The van der Waals surface area contributed by atoms with Crippen molar-refractivity contribution in [2.24, 2.45) is 29.1 Å². The van der Waals surface area contributed by atoms with Crippen LogP contribution in [0.25, 0.3) is 6.08 Å². The van der Waals surface area contributed by atoms with Crippen LogP contribution in [0.2, 0.25) is 0 Å². The van der Waals surface area contributed by atoms with Gasteiger partial charge in [0.15, 0.2) is 0 Å². The van der Waals surface area contributed by atoms with Crippen LogP contribution < -0.4 is 0 Å². The van der Waals surface area contributed by atoms with Crippen LogP contribution in [0.1, 0.15) is 91.8 Å². The quantitative estimate of drug-likeness (QED) is 0.159. The number of Topliss-reactive ketones (excluding diaryl/α,β-unsaturated/α-hetero) is 1. The largest absolute Gasteiger partial charge is 0.457 e. The number of nitrogens with zero attached hydrogens (tertiary/aromatic N) is 1. The topological polar surface area (TPSA) is 56.3 Å². The van der Waals surface area contributed by atoms with Crippen molar-refractivity contribution >= 4 is 29.2 Å². The normalized spacial score (nSPS) is 16.9. The van der Waals surface area contributed by atoms with Crippen LogP contribution in [0.5, 0.6) is 0 Å². The van der Waals surface area contributed by atoms with Gasteiger partial charge in [-0.1, -0.05) is 65.3 Å². The minimum absolute atomic E-state index is 0.0964.